The number of methoxy groups -OCH3 is 1. The monoisotopic (exact) mass is 602 g/mol. The first kappa shape index (κ1) is 30.8. The van der Waals surface area contributed by atoms with Crippen LogP contribution in [0.15, 0.2) is 24.4 Å². The van der Waals surface area contributed by atoms with E-state index >= 15 is 0 Å². The quantitative estimate of drug-likeness (QED) is 0.390. The van der Waals surface area contributed by atoms with Gasteiger partial charge in [-0.25, -0.2) is 15.0 Å². The molecule has 3 fully saturated rings. The first-order chi connectivity index (χ1) is 21.2. The molecule has 0 bridgehead atoms. The first-order valence-electron chi connectivity index (χ1n) is 16.4. The van der Waals surface area contributed by atoms with Gasteiger partial charge < -0.3 is 29.9 Å². The number of anilines is 3. The second kappa shape index (κ2) is 12.7. The number of nitrogens with zero attached hydrogens (tertiary/aromatic N) is 7. The molecule has 2 N–H and O–H groups in total. The molecule has 10 heteroatoms. The second-order valence-electron chi connectivity index (χ2n) is 13.3. The minimum absolute atomic E-state index is 0.218. The van der Waals surface area contributed by atoms with E-state index in [1.165, 1.54) is 39.0 Å². The van der Waals surface area contributed by atoms with Crippen molar-refractivity contribution in [1.29, 1.82) is 0 Å². The average Bonchev–Trinajstić information content (AvgIpc) is 3.42. The molecule has 3 aromatic rings. The summed E-state index contributed by atoms with van der Waals surface area (Å²) in [6.45, 7) is 10.8. The first-order valence-corrected chi connectivity index (χ1v) is 16.4. The summed E-state index contributed by atoms with van der Waals surface area (Å²) in [4.78, 5) is 25.0. The summed E-state index contributed by atoms with van der Waals surface area (Å²) in [6.07, 6.45) is 7.46. The molecule has 0 amide bonds. The van der Waals surface area contributed by atoms with Gasteiger partial charge in [0.05, 0.1) is 24.1 Å². The average molecular weight is 603 g/mol. The Morgan fingerprint density at radius 2 is 1.82 bits per heavy atom. The maximum atomic E-state index is 10.7. The van der Waals surface area contributed by atoms with Gasteiger partial charge in [-0.1, -0.05) is 13.0 Å². The lowest BCUT2D eigenvalue weighted by molar-refractivity contribution is 0.0665. The molecule has 6 rings (SSSR count). The van der Waals surface area contributed by atoms with E-state index in [2.05, 4.69) is 64.1 Å². The number of nitrogens with one attached hydrogen (secondary N) is 1. The number of aryl methyl sites for hydroxylation is 1. The Kier molecular flexibility index (Phi) is 8.86. The number of hydrogen-bond donors (Lipinski definition) is 2. The fourth-order valence-electron chi connectivity index (χ4n) is 7.44. The van der Waals surface area contributed by atoms with Crippen LogP contribution in [-0.2, 0) is 6.42 Å². The number of piperidine rings is 1. The number of benzene rings is 1. The third-order valence-electron chi connectivity index (χ3n) is 10.2. The molecule has 2 unspecified atom stereocenters. The molecule has 3 aliphatic rings. The zero-order valence-corrected chi connectivity index (χ0v) is 27.4. The molecule has 0 radical (unpaired) electrons. The summed E-state index contributed by atoms with van der Waals surface area (Å²) in [7, 11) is 7.95. The number of pyridine rings is 1. The summed E-state index contributed by atoms with van der Waals surface area (Å²) in [5.41, 5.74) is 4.97. The van der Waals surface area contributed by atoms with Crippen molar-refractivity contribution in [2.45, 2.75) is 70.1 Å². The standard InChI is InChI=1S/C34H50N8O2/c1-7-27-33(40(5)25-10-13-34(2,43)21-25)38-30-26(22-36-32(35-3)31(30)37-27)23-8-9-28(29(20-23)44-6)42-14-11-24(12-15-42)41-18-16-39(4)17-19-41/h8-9,20,22,24-25,43H,7,10-19,21H2,1-6H3,(H,35,36). The van der Waals surface area contributed by atoms with Crippen LogP contribution in [0.1, 0.15) is 51.6 Å². The summed E-state index contributed by atoms with van der Waals surface area (Å²) in [5, 5.41) is 13.9. The van der Waals surface area contributed by atoms with Crippen molar-refractivity contribution in [3.8, 4) is 16.9 Å². The normalized spacial score (nSPS) is 23.8. The van der Waals surface area contributed by atoms with Crippen LogP contribution in [0, 0.1) is 0 Å². The van der Waals surface area contributed by atoms with Crippen LogP contribution in [-0.4, -0.2) is 115 Å². The zero-order chi connectivity index (χ0) is 31.0. The van der Waals surface area contributed by atoms with Crippen LogP contribution in [0.3, 0.4) is 0 Å². The molecule has 4 heterocycles. The van der Waals surface area contributed by atoms with Gasteiger partial charge in [-0.05, 0) is 70.2 Å². The maximum absolute atomic E-state index is 10.7. The van der Waals surface area contributed by atoms with Gasteiger partial charge in [0.2, 0.25) is 0 Å². The van der Waals surface area contributed by atoms with E-state index in [0.29, 0.717) is 6.04 Å². The minimum Gasteiger partial charge on any atom is -0.495 e. The highest BCUT2D eigenvalue weighted by Gasteiger charge is 2.36. The molecule has 2 aliphatic heterocycles. The second-order valence-corrected chi connectivity index (χ2v) is 13.3. The van der Waals surface area contributed by atoms with Crippen LogP contribution < -0.4 is 19.9 Å². The lowest BCUT2D eigenvalue weighted by Gasteiger charge is -2.42. The van der Waals surface area contributed by atoms with Gasteiger partial charge in [0.15, 0.2) is 11.6 Å². The van der Waals surface area contributed by atoms with Gasteiger partial charge in [-0.3, -0.25) is 4.90 Å². The van der Waals surface area contributed by atoms with Crippen molar-refractivity contribution in [3.63, 3.8) is 0 Å². The van der Waals surface area contributed by atoms with Crippen molar-refractivity contribution in [2.24, 2.45) is 0 Å². The van der Waals surface area contributed by atoms with E-state index in [1.54, 1.807) is 7.11 Å². The molecule has 1 aliphatic carbocycles. The molecule has 10 nitrogen and oxygen atoms in total. The fraction of sp³-hybridized carbons (Fsp3) is 0.618. The lowest BCUT2D eigenvalue weighted by atomic mass is 10.00. The Morgan fingerprint density at radius 3 is 2.45 bits per heavy atom. The van der Waals surface area contributed by atoms with Crippen LogP contribution >= 0.6 is 0 Å². The van der Waals surface area contributed by atoms with Crippen LogP contribution in [0.2, 0.25) is 0 Å². The van der Waals surface area contributed by atoms with Crippen molar-refractivity contribution >= 4 is 28.4 Å². The molecule has 1 aromatic carbocycles. The number of ether oxygens (including phenoxy) is 1. The van der Waals surface area contributed by atoms with Gasteiger partial charge in [0.25, 0.3) is 0 Å². The Morgan fingerprint density at radius 1 is 1.07 bits per heavy atom. The van der Waals surface area contributed by atoms with Crippen molar-refractivity contribution in [1.82, 2.24) is 24.8 Å². The van der Waals surface area contributed by atoms with E-state index in [1.807, 2.05) is 20.2 Å². The maximum Gasteiger partial charge on any atom is 0.153 e. The molecule has 44 heavy (non-hydrogen) atoms. The highest BCUT2D eigenvalue weighted by atomic mass is 16.5. The summed E-state index contributed by atoms with van der Waals surface area (Å²) in [6, 6.07) is 7.39. The lowest BCUT2D eigenvalue weighted by Crippen LogP contribution is -2.52. The SMILES string of the molecule is CCc1nc2c(NC)ncc(-c3ccc(N4CCC(N5CCN(C)CC5)CC4)c(OC)c3)c2nc1N(C)C1CCC(C)(O)C1. The predicted octanol–water partition coefficient (Wildman–Crippen LogP) is 4.26. The number of fused-ring (bicyclic) bond motifs is 1. The summed E-state index contributed by atoms with van der Waals surface area (Å²) in [5.74, 6) is 2.47. The molecule has 1 saturated carbocycles. The summed E-state index contributed by atoms with van der Waals surface area (Å²) >= 11 is 0. The molecular weight excluding hydrogens is 552 g/mol. The van der Waals surface area contributed by atoms with Crippen molar-refractivity contribution in [2.75, 3.05) is 82.6 Å². The van der Waals surface area contributed by atoms with Crippen LogP contribution in [0.5, 0.6) is 5.75 Å². The van der Waals surface area contributed by atoms with E-state index in [9.17, 15) is 5.11 Å². The van der Waals surface area contributed by atoms with Crippen molar-refractivity contribution < 1.29 is 9.84 Å². The van der Waals surface area contributed by atoms with Gasteiger partial charge >= 0.3 is 0 Å². The van der Waals surface area contributed by atoms with Crippen molar-refractivity contribution in [3.05, 3.63) is 30.1 Å². The third kappa shape index (κ3) is 6.04. The Hall–Kier alpha value is -3.21. The largest absolute Gasteiger partial charge is 0.495 e. The van der Waals surface area contributed by atoms with Gasteiger partial charge in [-0.2, -0.15) is 0 Å². The third-order valence-corrected chi connectivity index (χ3v) is 10.2. The summed E-state index contributed by atoms with van der Waals surface area (Å²) < 4.78 is 6.00. The predicted molar refractivity (Wildman–Crippen MR) is 179 cm³/mol. The molecule has 238 valence electrons. The molecular formula is C34H50N8O2. The zero-order valence-electron chi connectivity index (χ0n) is 27.4. The molecule has 2 atom stereocenters. The number of aliphatic hydroxyl groups is 1. The number of piperazine rings is 1. The van der Waals surface area contributed by atoms with E-state index in [4.69, 9.17) is 19.7 Å². The van der Waals surface area contributed by atoms with Gasteiger partial charge in [-0.15, -0.1) is 0 Å². The molecule has 0 spiro atoms. The Bertz CT molecular complexity index is 1460. The number of likely N-dealkylation sites (N-methyl/N-ethyl adjacent to an activating group) is 1. The minimum atomic E-state index is -0.637. The van der Waals surface area contributed by atoms with E-state index < -0.39 is 5.60 Å². The number of hydrogen-bond acceptors (Lipinski definition) is 10. The highest BCUT2D eigenvalue weighted by molar-refractivity contribution is 5.98. The smallest absolute Gasteiger partial charge is 0.153 e. The van der Waals surface area contributed by atoms with Gasteiger partial charge in [0.1, 0.15) is 16.8 Å². The fourth-order valence-corrected chi connectivity index (χ4v) is 7.44. The number of aromatic nitrogens is 3. The molecule has 2 saturated heterocycles. The van der Waals surface area contributed by atoms with Crippen LogP contribution in [0.25, 0.3) is 22.2 Å². The van der Waals surface area contributed by atoms with E-state index in [-0.39, 0.29) is 6.04 Å². The highest BCUT2D eigenvalue weighted by Crippen LogP contribution is 2.39. The topological polar surface area (TPSA) is 93.1 Å². The molecule has 2 aromatic heterocycles. The number of rotatable bonds is 8. The van der Waals surface area contributed by atoms with E-state index in [0.717, 1.165) is 89.7 Å². The Balaban J connectivity index is 1.30. The Labute approximate surface area is 262 Å². The van der Waals surface area contributed by atoms with Gasteiger partial charge in [0, 0.05) is 77.2 Å². The van der Waals surface area contributed by atoms with Crippen LogP contribution in [0.4, 0.5) is 17.3 Å².